The standard InChI is InChI=1S/C21H21NO5/c23-18-6-1-16(2-7-18)3-10-20(24)17-4-8-19(9-5-17)27-15-21(25)22-11-13-26-14-12-22/h1-10,23H,11-15H2/b10-3+. The Kier molecular flexibility index (Phi) is 6.22. The Bertz CT molecular complexity index is 805. The van der Waals surface area contributed by atoms with Crippen LogP contribution in [0.15, 0.2) is 54.6 Å². The van der Waals surface area contributed by atoms with Crippen molar-refractivity contribution in [1.29, 1.82) is 0 Å². The van der Waals surface area contributed by atoms with Crippen LogP contribution < -0.4 is 4.74 Å². The predicted molar refractivity (Wildman–Crippen MR) is 101 cm³/mol. The summed E-state index contributed by atoms with van der Waals surface area (Å²) >= 11 is 0. The number of hydrogen-bond donors (Lipinski definition) is 1. The number of ether oxygens (including phenoxy) is 2. The van der Waals surface area contributed by atoms with Crippen molar-refractivity contribution in [2.24, 2.45) is 0 Å². The highest BCUT2D eigenvalue weighted by Crippen LogP contribution is 2.15. The summed E-state index contributed by atoms with van der Waals surface area (Å²) in [5.41, 5.74) is 1.35. The van der Waals surface area contributed by atoms with E-state index in [1.165, 1.54) is 6.08 Å². The predicted octanol–water partition coefficient (Wildman–Crippen LogP) is 2.53. The van der Waals surface area contributed by atoms with Gasteiger partial charge in [-0.1, -0.05) is 18.2 Å². The Morgan fingerprint density at radius 1 is 1.04 bits per heavy atom. The summed E-state index contributed by atoms with van der Waals surface area (Å²) in [6.45, 7) is 2.25. The zero-order chi connectivity index (χ0) is 19.1. The average Bonchev–Trinajstić information content (AvgIpc) is 2.72. The first-order valence-corrected chi connectivity index (χ1v) is 8.72. The van der Waals surface area contributed by atoms with Crippen LogP contribution in [0.2, 0.25) is 0 Å². The molecule has 2 aromatic carbocycles. The minimum Gasteiger partial charge on any atom is -0.508 e. The molecule has 140 valence electrons. The van der Waals surface area contributed by atoms with E-state index in [1.54, 1.807) is 59.5 Å². The zero-order valence-corrected chi connectivity index (χ0v) is 14.8. The van der Waals surface area contributed by atoms with E-state index in [0.29, 0.717) is 37.6 Å². The first-order chi connectivity index (χ1) is 13.1. The lowest BCUT2D eigenvalue weighted by Gasteiger charge is -2.26. The highest BCUT2D eigenvalue weighted by molar-refractivity contribution is 6.06. The van der Waals surface area contributed by atoms with Gasteiger partial charge >= 0.3 is 0 Å². The summed E-state index contributed by atoms with van der Waals surface area (Å²) in [5.74, 6) is 0.506. The molecule has 0 aliphatic carbocycles. The van der Waals surface area contributed by atoms with Crippen LogP contribution in [0, 0.1) is 0 Å². The van der Waals surface area contributed by atoms with Crippen LogP contribution in [0.25, 0.3) is 6.08 Å². The van der Waals surface area contributed by atoms with Gasteiger partial charge in [0.1, 0.15) is 11.5 Å². The molecule has 27 heavy (non-hydrogen) atoms. The highest BCUT2D eigenvalue weighted by atomic mass is 16.5. The summed E-state index contributed by atoms with van der Waals surface area (Å²) in [6, 6.07) is 13.3. The first-order valence-electron chi connectivity index (χ1n) is 8.72. The third-order valence-electron chi connectivity index (χ3n) is 4.19. The second-order valence-electron chi connectivity index (χ2n) is 6.10. The molecule has 1 heterocycles. The number of phenols is 1. The molecule has 1 fully saturated rings. The van der Waals surface area contributed by atoms with Crippen molar-refractivity contribution in [3.63, 3.8) is 0 Å². The van der Waals surface area contributed by atoms with E-state index in [2.05, 4.69) is 0 Å². The zero-order valence-electron chi connectivity index (χ0n) is 14.8. The lowest BCUT2D eigenvalue weighted by molar-refractivity contribution is -0.137. The van der Waals surface area contributed by atoms with Gasteiger partial charge in [0, 0.05) is 18.7 Å². The Labute approximate surface area is 157 Å². The Balaban J connectivity index is 1.52. The second-order valence-corrected chi connectivity index (χ2v) is 6.10. The lowest BCUT2D eigenvalue weighted by Crippen LogP contribution is -2.42. The van der Waals surface area contributed by atoms with Gasteiger partial charge in [-0.2, -0.15) is 0 Å². The fourth-order valence-electron chi connectivity index (χ4n) is 2.62. The number of carbonyl (C=O) groups is 2. The summed E-state index contributed by atoms with van der Waals surface area (Å²) in [6.07, 6.45) is 3.16. The van der Waals surface area contributed by atoms with Gasteiger partial charge in [-0.15, -0.1) is 0 Å². The highest BCUT2D eigenvalue weighted by Gasteiger charge is 2.17. The number of ketones is 1. The third kappa shape index (κ3) is 5.43. The van der Waals surface area contributed by atoms with Gasteiger partial charge in [0.25, 0.3) is 5.91 Å². The fraction of sp³-hybridized carbons (Fsp3) is 0.238. The van der Waals surface area contributed by atoms with Gasteiger partial charge < -0.3 is 19.5 Å². The molecule has 1 N–H and O–H groups in total. The van der Waals surface area contributed by atoms with E-state index >= 15 is 0 Å². The maximum absolute atomic E-state index is 12.2. The number of aromatic hydroxyl groups is 1. The van der Waals surface area contributed by atoms with E-state index in [0.717, 1.165) is 5.56 Å². The normalized spacial score (nSPS) is 14.3. The molecule has 0 spiro atoms. The summed E-state index contributed by atoms with van der Waals surface area (Å²) < 4.78 is 10.7. The molecule has 0 saturated carbocycles. The van der Waals surface area contributed by atoms with Crippen LogP contribution in [0.5, 0.6) is 11.5 Å². The van der Waals surface area contributed by atoms with E-state index < -0.39 is 0 Å². The number of allylic oxidation sites excluding steroid dienone is 1. The molecule has 0 atom stereocenters. The van der Waals surface area contributed by atoms with Crippen molar-refractivity contribution in [2.45, 2.75) is 0 Å². The molecule has 0 bridgehead atoms. The van der Waals surface area contributed by atoms with E-state index in [-0.39, 0.29) is 24.0 Å². The van der Waals surface area contributed by atoms with Crippen molar-refractivity contribution in [1.82, 2.24) is 4.90 Å². The van der Waals surface area contributed by atoms with E-state index in [9.17, 15) is 14.7 Å². The number of amides is 1. The molecular weight excluding hydrogens is 346 g/mol. The molecule has 1 amide bonds. The monoisotopic (exact) mass is 367 g/mol. The van der Waals surface area contributed by atoms with E-state index in [1.807, 2.05) is 0 Å². The molecule has 0 radical (unpaired) electrons. The SMILES string of the molecule is O=C(/C=C/c1ccc(O)cc1)c1ccc(OCC(=O)N2CCOCC2)cc1. The van der Waals surface area contributed by atoms with E-state index in [4.69, 9.17) is 9.47 Å². The molecule has 1 aliphatic rings. The Hall–Kier alpha value is -3.12. The third-order valence-corrected chi connectivity index (χ3v) is 4.19. The average molecular weight is 367 g/mol. The molecule has 6 heteroatoms. The Morgan fingerprint density at radius 3 is 2.37 bits per heavy atom. The number of phenolic OH excluding ortho intramolecular Hbond substituents is 1. The fourth-order valence-corrected chi connectivity index (χ4v) is 2.62. The molecule has 2 aromatic rings. The molecular formula is C21H21NO5. The molecule has 1 aliphatic heterocycles. The summed E-state index contributed by atoms with van der Waals surface area (Å²) in [7, 11) is 0. The van der Waals surface area contributed by atoms with Crippen LogP contribution in [0.3, 0.4) is 0 Å². The molecule has 6 nitrogen and oxygen atoms in total. The smallest absolute Gasteiger partial charge is 0.260 e. The van der Waals surface area contributed by atoms with Gasteiger partial charge in [0.15, 0.2) is 12.4 Å². The quantitative estimate of drug-likeness (QED) is 0.627. The van der Waals surface area contributed by atoms with Crippen molar-refractivity contribution < 1.29 is 24.2 Å². The van der Waals surface area contributed by atoms with Crippen molar-refractivity contribution in [3.05, 3.63) is 65.7 Å². The summed E-state index contributed by atoms with van der Waals surface area (Å²) in [5, 5.41) is 9.26. The van der Waals surface area contributed by atoms with Crippen molar-refractivity contribution >= 4 is 17.8 Å². The first kappa shape index (κ1) is 18.7. The van der Waals surface area contributed by atoms with Crippen molar-refractivity contribution in [2.75, 3.05) is 32.9 Å². The molecule has 0 aromatic heterocycles. The molecule has 1 saturated heterocycles. The van der Waals surface area contributed by atoms with Crippen LogP contribution in [0.1, 0.15) is 15.9 Å². The maximum atomic E-state index is 12.2. The second kappa shape index (κ2) is 9.00. The largest absolute Gasteiger partial charge is 0.508 e. The lowest BCUT2D eigenvalue weighted by atomic mass is 10.1. The van der Waals surface area contributed by atoms with Crippen LogP contribution in [0.4, 0.5) is 0 Å². The van der Waals surface area contributed by atoms with Crippen molar-refractivity contribution in [3.8, 4) is 11.5 Å². The number of nitrogens with zero attached hydrogens (tertiary/aromatic N) is 1. The number of morpholine rings is 1. The van der Waals surface area contributed by atoms with Crippen LogP contribution in [-0.2, 0) is 9.53 Å². The number of hydrogen-bond acceptors (Lipinski definition) is 5. The van der Waals surface area contributed by atoms with Gasteiger partial charge in [0.05, 0.1) is 13.2 Å². The number of rotatable bonds is 6. The minimum absolute atomic E-state index is 0.0337. The topological polar surface area (TPSA) is 76.1 Å². The number of benzene rings is 2. The van der Waals surface area contributed by atoms with Gasteiger partial charge in [0.2, 0.25) is 0 Å². The van der Waals surface area contributed by atoms with Crippen LogP contribution >= 0.6 is 0 Å². The number of carbonyl (C=O) groups excluding carboxylic acids is 2. The molecule has 3 rings (SSSR count). The summed E-state index contributed by atoms with van der Waals surface area (Å²) in [4.78, 5) is 26.0. The van der Waals surface area contributed by atoms with Gasteiger partial charge in [-0.25, -0.2) is 0 Å². The minimum atomic E-state index is -0.140. The van der Waals surface area contributed by atoms with Crippen LogP contribution in [-0.4, -0.2) is 54.6 Å². The molecule has 0 unspecified atom stereocenters. The Morgan fingerprint density at radius 2 is 1.70 bits per heavy atom. The van der Waals surface area contributed by atoms with Gasteiger partial charge in [-0.05, 0) is 48.0 Å². The maximum Gasteiger partial charge on any atom is 0.260 e. The van der Waals surface area contributed by atoms with Gasteiger partial charge in [-0.3, -0.25) is 9.59 Å².